The molecule has 0 radical (unpaired) electrons. The lowest BCUT2D eigenvalue weighted by Crippen LogP contribution is -2.40. The third-order valence-electron chi connectivity index (χ3n) is 7.64. The summed E-state index contributed by atoms with van der Waals surface area (Å²) in [7, 11) is -1.51. The summed E-state index contributed by atoms with van der Waals surface area (Å²) in [4.78, 5) is 0.315. The quantitative estimate of drug-likeness (QED) is 0.141. The van der Waals surface area contributed by atoms with Crippen LogP contribution in [-0.2, 0) is 16.4 Å². The van der Waals surface area contributed by atoms with Crippen molar-refractivity contribution in [1.29, 1.82) is 5.41 Å². The van der Waals surface area contributed by atoms with E-state index in [0.717, 1.165) is 54.6 Å². The van der Waals surface area contributed by atoms with Crippen molar-refractivity contribution in [2.24, 2.45) is 11.8 Å². The van der Waals surface area contributed by atoms with Crippen LogP contribution in [0.3, 0.4) is 0 Å². The van der Waals surface area contributed by atoms with Crippen molar-refractivity contribution < 1.29 is 12.8 Å². The van der Waals surface area contributed by atoms with Gasteiger partial charge in [0.1, 0.15) is 11.7 Å². The number of nitrogens with zero attached hydrogens (tertiary/aromatic N) is 1. The molecule has 4 N–H and O–H groups in total. The van der Waals surface area contributed by atoms with E-state index in [1.165, 1.54) is 12.1 Å². The maximum atomic E-state index is 13.1. The molecule has 0 bridgehead atoms. The lowest BCUT2D eigenvalue weighted by Gasteiger charge is -2.31. The molecule has 0 saturated heterocycles. The summed E-state index contributed by atoms with van der Waals surface area (Å²) in [5, 5.41) is 13.8. The van der Waals surface area contributed by atoms with Crippen LogP contribution in [-0.4, -0.2) is 40.9 Å². The standard InChI is InChI=1S/C31H40FN5O2S/c1-23-7-17-28(18-8-23)40(38,39)36-22-26-11-9-25(10-12-26)21-35-37(2)30-6-4-3-5-29(30)31(33)34-20-19-24-13-15-27(32)16-14-24/h3-8,13-18,25-26,35-36H,9-12,19-22H2,1-2H3,(H2,33,34)/t25-,26-. The van der Waals surface area contributed by atoms with Crippen LogP contribution >= 0.6 is 0 Å². The van der Waals surface area contributed by atoms with Crippen LogP contribution in [0.15, 0.2) is 77.7 Å². The Balaban J connectivity index is 1.21. The number of para-hydroxylation sites is 1. The van der Waals surface area contributed by atoms with Crippen LogP contribution < -0.4 is 20.5 Å². The van der Waals surface area contributed by atoms with Gasteiger partial charge in [-0.2, -0.15) is 0 Å². The maximum Gasteiger partial charge on any atom is 0.240 e. The van der Waals surface area contributed by atoms with E-state index in [1.807, 2.05) is 55.4 Å². The van der Waals surface area contributed by atoms with Gasteiger partial charge < -0.3 is 10.3 Å². The molecule has 4 rings (SSSR count). The fraction of sp³-hybridized carbons (Fsp3) is 0.387. The van der Waals surface area contributed by atoms with E-state index in [0.29, 0.717) is 42.1 Å². The summed E-state index contributed by atoms with van der Waals surface area (Å²) in [5.74, 6) is 0.951. The summed E-state index contributed by atoms with van der Waals surface area (Å²) >= 11 is 0. The van der Waals surface area contributed by atoms with Gasteiger partial charge in [-0.15, -0.1) is 0 Å². The Bertz CT molecular complexity index is 1360. The largest absolute Gasteiger partial charge is 0.370 e. The highest BCUT2D eigenvalue weighted by Gasteiger charge is 2.24. The molecule has 214 valence electrons. The van der Waals surface area contributed by atoms with E-state index in [4.69, 9.17) is 5.41 Å². The molecule has 0 aliphatic heterocycles. The molecule has 7 nitrogen and oxygen atoms in total. The van der Waals surface area contributed by atoms with Crippen molar-refractivity contribution in [1.82, 2.24) is 15.5 Å². The number of benzene rings is 3. The smallest absolute Gasteiger partial charge is 0.240 e. The summed E-state index contributed by atoms with van der Waals surface area (Å²) in [5.41, 5.74) is 7.29. The van der Waals surface area contributed by atoms with E-state index in [-0.39, 0.29) is 5.82 Å². The van der Waals surface area contributed by atoms with Gasteiger partial charge in [-0.1, -0.05) is 42.0 Å². The van der Waals surface area contributed by atoms with Gasteiger partial charge in [-0.3, -0.25) is 5.41 Å². The second-order valence-corrected chi connectivity index (χ2v) is 12.4. The van der Waals surface area contributed by atoms with Gasteiger partial charge in [-0.25, -0.2) is 23.0 Å². The number of sulfonamides is 1. The molecule has 1 fully saturated rings. The van der Waals surface area contributed by atoms with Crippen molar-refractivity contribution in [2.75, 3.05) is 31.7 Å². The number of amidine groups is 1. The highest BCUT2D eigenvalue weighted by Crippen LogP contribution is 2.29. The number of hydrogen-bond acceptors (Lipinski definition) is 5. The zero-order valence-electron chi connectivity index (χ0n) is 23.3. The van der Waals surface area contributed by atoms with Gasteiger partial charge in [0.2, 0.25) is 10.0 Å². The van der Waals surface area contributed by atoms with Gasteiger partial charge >= 0.3 is 0 Å². The lowest BCUT2D eigenvalue weighted by molar-refractivity contribution is 0.268. The fourth-order valence-corrected chi connectivity index (χ4v) is 6.19. The Kier molecular flexibility index (Phi) is 10.3. The van der Waals surface area contributed by atoms with Gasteiger partial charge in [0.05, 0.1) is 10.6 Å². The Morgan fingerprint density at radius 1 is 0.925 bits per heavy atom. The number of rotatable bonds is 12. The number of hydrogen-bond donors (Lipinski definition) is 4. The predicted octanol–water partition coefficient (Wildman–Crippen LogP) is 5.02. The zero-order valence-corrected chi connectivity index (χ0v) is 24.1. The Labute approximate surface area is 237 Å². The molecule has 0 amide bonds. The van der Waals surface area contributed by atoms with Crippen molar-refractivity contribution in [3.8, 4) is 0 Å². The highest BCUT2D eigenvalue weighted by molar-refractivity contribution is 7.89. The van der Waals surface area contributed by atoms with Crippen molar-refractivity contribution in [3.63, 3.8) is 0 Å². The number of halogens is 1. The second-order valence-electron chi connectivity index (χ2n) is 10.7. The van der Waals surface area contributed by atoms with E-state index < -0.39 is 10.0 Å². The molecule has 0 atom stereocenters. The van der Waals surface area contributed by atoms with E-state index in [9.17, 15) is 12.8 Å². The molecule has 1 aliphatic carbocycles. The predicted molar refractivity (Wildman–Crippen MR) is 160 cm³/mol. The zero-order chi connectivity index (χ0) is 28.5. The van der Waals surface area contributed by atoms with Crippen LogP contribution in [0.5, 0.6) is 0 Å². The molecule has 1 aliphatic rings. The third kappa shape index (κ3) is 8.36. The minimum absolute atomic E-state index is 0.247. The summed E-state index contributed by atoms with van der Waals surface area (Å²) in [6.45, 7) is 3.81. The first-order chi connectivity index (χ1) is 19.2. The minimum Gasteiger partial charge on any atom is -0.370 e. The number of hydrazine groups is 1. The monoisotopic (exact) mass is 565 g/mol. The third-order valence-corrected chi connectivity index (χ3v) is 9.08. The van der Waals surface area contributed by atoms with Crippen LogP contribution in [0.2, 0.25) is 0 Å². The number of aryl methyl sites for hydroxylation is 1. The molecule has 1 saturated carbocycles. The molecule has 0 spiro atoms. The van der Waals surface area contributed by atoms with E-state index in [1.54, 1.807) is 24.3 Å². The van der Waals surface area contributed by atoms with Gasteiger partial charge in [0.25, 0.3) is 0 Å². The van der Waals surface area contributed by atoms with Gasteiger partial charge in [0, 0.05) is 32.2 Å². The first-order valence-electron chi connectivity index (χ1n) is 13.9. The number of anilines is 1. The summed E-state index contributed by atoms with van der Waals surface area (Å²) < 4.78 is 41.2. The van der Waals surface area contributed by atoms with E-state index >= 15 is 0 Å². The molecule has 0 heterocycles. The molecule has 9 heteroatoms. The van der Waals surface area contributed by atoms with Crippen molar-refractivity contribution in [3.05, 3.63) is 95.3 Å². The summed E-state index contributed by atoms with van der Waals surface area (Å²) in [6, 6.07) is 21.2. The fourth-order valence-electron chi connectivity index (χ4n) is 5.07. The van der Waals surface area contributed by atoms with Gasteiger partial charge in [0.15, 0.2) is 0 Å². The first kappa shape index (κ1) is 29.7. The van der Waals surface area contributed by atoms with Crippen molar-refractivity contribution >= 4 is 21.5 Å². The Morgan fingerprint density at radius 2 is 1.55 bits per heavy atom. The molecule has 40 heavy (non-hydrogen) atoms. The molecular weight excluding hydrogens is 525 g/mol. The SMILES string of the molecule is Cc1ccc(S(=O)(=O)NC[C@H]2CC[C@H](CNN(C)c3ccccc3C(=N)NCCc3ccc(F)cc3)CC2)cc1. The van der Waals surface area contributed by atoms with Crippen LogP contribution in [0.1, 0.15) is 42.4 Å². The first-order valence-corrected chi connectivity index (χ1v) is 15.4. The average Bonchev–Trinajstić information content (AvgIpc) is 2.96. The normalized spacial score (nSPS) is 17.4. The second kappa shape index (κ2) is 13.9. The average molecular weight is 566 g/mol. The molecule has 3 aromatic rings. The maximum absolute atomic E-state index is 13.1. The summed E-state index contributed by atoms with van der Waals surface area (Å²) in [6.07, 6.45) is 4.77. The Morgan fingerprint density at radius 3 is 2.23 bits per heavy atom. The molecular formula is C31H40FN5O2S. The lowest BCUT2D eigenvalue weighted by atomic mass is 9.82. The topological polar surface area (TPSA) is 97.3 Å². The molecule has 3 aromatic carbocycles. The molecule has 0 aromatic heterocycles. The highest BCUT2D eigenvalue weighted by atomic mass is 32.2. The van der Waals surface area contributed by atoms with Crippen molar-refractivity contribution in [2.45, 2.75) is 43.9 Å². The number of nitrogens with one attached hydrogen (secondary N) is 4. The van der Waals surface area contributed by atoms with Crippen LogP contribution in [0.4, 0.5) is 10.1 Å². The van der Waals surface area contributed by atoms with Crippen LogP contribution in [0, 0.1) is 30.0 Å². The Hall–Kier alpha value is -3.27. The van der Waals surface area contributed by atoms with Gasteiger partial charge in [-0.05, 0) is 92.8 Å². The minimum atomic E-state index is -3.48. The molecule has 0 unspecified atom stereocenters. The van der Waals surface area contributed by atoms with Crippen LogP contribution in [0.25, 0.3) is 0 Å². The van der Waals surface area contributed by atoms with E-state index in [2.05, 4.69) is 15.5 Å².